The van der Waals surface area contributed by atoms with Crippen molar-refractivity contribution >= 4 is 61.6 Å². The molecule has 30 heavy (non-hydrogen) atoms. The third-order valence-electron chi connectivity index (χ3n) is 4.53. The summed E-state index contributed by atoms with van der Waals surface area (Å²) in [4.78, 5) is 17.7. The van der Waals surface area contributed by atoms with Crippen LogP contribution in [0.4, 0.5) is 0 Å². The molecule has 4 rings (SSSR count). The van der Waals surface area contributed by atoms with Crippen LogP contribution in [-0.2, 0) is 11.3 Å². The summed E-state index contributed by atoms with van der Waals surface area (Å²) in [6.07, 6.45) is 0. The molecule has 0 saturated carbocycles. The molecule has 0 saturated heterocycles. The van der Waals surface area contributed by atoms with Crippen molar-refractivity contribution in [3.8, 4) is 5.75 Å². The number of halogens is 2. The number of ether oxygens (including phenoxy) is 2. The molecule has 6 nitrogen and oxygen atoms in total. The third kappa shape index (κ3) is 3.86. The van der Waals surface area contributed by atoms with E-state index >= 15 is 0 Å². The molecule has 0 unspecified atom stereocenters. The van der Waals surface area contributed by atoms with Gasteiger partial charge in [0.2, 0.25) is 0 Å². The molecule has 2 aromatic carbocycles. The van der Waals surface area contributed by atoms with Gasteiger partial charge in [-0.1, -0.05) is 46.7 Å². The second-order valence-electron chi connectivity index (χ2n) is 6.35. The first-order valence-corrected chi connectivity index (χ1v) is 10.8. The van der Waals surface area contributed by atoms with E-state index in [9.17, 15) is 4.79 Å². The number of methoxy groups -OCH3 is 1. The van der Waals surface area contributed by atoms with Gasteiger partial charge in [-0.15, -0.1) is 0 Å². The molecule has 0 fully saturated rings. The van der Waals surface area contributed by atoms with Crippen molar-refractivity contribution in [3.05, 3.63) is 57.0 Å². The van der Waals surface area contributed by atoms with Gasteiger partial charge in [-0.3, -0.25) is 4.79 Å². The summed E-state index contributed by atoms with van der Waals surface area (Å²) < 4.78 is 19.1. The van der Waals surface area contributed by atoms with Crippen molar-refractivity contribution in [2.45, 2.75) is 13.5 Å². The quantitative estimate of drug-likeness (QED) is 0.351. The minimum atomic E-state index is -0.503. The highest BCUT2D eigenvalue weighted by molar-refractivity contribution is 7.17. The number of rotatable bonds is 6. The van der Waals surface area contributed by atoms with Gasteiger partial charge in [0.25, 0.3) is 0 Å². The minimum Gasteiger partial charge on any atom is -0.493 e. The number of benzene rings is 2. The molecule has 0 aliphatic carbocycles. The zero-order valence-corrected chi connectivity index (χ0v) is 18.6. The number of para-hydroxylation sites is 1. The van der Waals surface area contributed by atoms with Crippen molar-refractivity contribution in [1.82, 2.24) is 4.57 Å². The van der Waals surface area contributed by atoms with Gasteiger partial charge in [-0.2, -0.15) is 4.99 Å². The van der Waals surface area contributed by atoms with Gasteiger partial charge in [0, 0.05) is 18.5 Å². The Morgan fingerprint density at radius 2 is 2.03 bits per heavy atom. The Kier molecular flexibility index (Phi) is 6.15. The molecule has 156 valence electrons. The SMILES string of the molecule is CCOCCn1c(=NC(=O)c2cc3cccc(OC)c3o2)sc2c(Cl)ccc(Cl)c21. The van der Waals surface area contributed by atoms with Crippen LogP contribution in [0.5, 0.6) is 5.75 Å². The third-order valence-corrected chi connectivity index (χ3v) is 6.37. The lowest BCUT2D eigenvalue weighted by Crippen LogP contribution is -2.19. The van der Waals surface area contributed by atoms with Crippen LogP contribution in [-0.4, -0.2) is 30.8 Å². The minimum absolute atomic E-state index is 0.125. The molecule has 2 heterocycles. The van der Waals surface area contributed by atoms with Crippen LogP contribution in [0.3, 0.4) is 0 Å². The Balaban J connectivity index is 1.83. The standard InChI is InChI=1S/C21H18Cl2N2O4S/c1-3-28-10-9-25-17-13(22)7-8-14(23)19(17)30-21(25)24-20(26)16-11-12-5-4-6-15(27-2)18(12)29-16/h4-8,11H,3,9-10H2,1-2H3. The molecule has 0 spiro atoms. The number of hydrogen-bond acceptors (Lipinski definition) is 5. The number of amides is 1. The van der Waals surface area contributed by atoms with Crippen LogP contribution < -0.4 is 9.54 Å². The summed E-state index contributed by atoms with van der Waals surface area (Å²) in [5.41, 5.74) is 1.23. The Morgan fingerprint density at radius 1 is 1.23 bits per heavy atom. The summed E-state index contributed by atoms with van der Waals surface area (Å²) in [6.45, 7) is 3.44. The lowest BCUT2D eigenvalue weighted by Gasteiger charge is -2.06. The highest BCUT2D eigenvalue weighted by Crippen LogP contribution is 2.32. The van der Waals surface area contributed by atoms with E-state index < -0.39 is 5.91 Å². The van der Waals surface area contributed by atoms with E-state index in [1.54, 1.807) is 31.4 Å². The maximum Gasteiger partial charge on any atom is 0.315 e. The van der Waals surface area contributed by atoms with Crippen molar-refractivity contribution in [2.75, 3.05) is 20.3 Å². The predicted molar refractivity (Wildman–Crippen MR) is 119 cm³/mol. The van der Waals surface area contributed by atoms with Gasteiger partial charge >= 0.3 is 5.91 Å². The molecule has 0 atom stereocenters. The van der Waals surface area contributed by atoms with Crippen LogP contribution in [0.1, 0.15) is 17.5 Å². The van der Waals surface area contributed by atoms with Crippen molar-refractivity contribution in [2.24, 2.45) is 4.99 Å². The van der Waals surface area contributed by atoms with E-state index in [0.717, 1.165) is 15.6 Å². The maximum absolute atomic E-state index is 12.9. The molecular weight excluding hydrogens is 447 g/mol. The van der Waals surface area contributed by atoms with E-state index in [2.05, 4.69) is 4.99 Å². The number of furan rings is 1. The number of hydrogen-bond donors (Lipinski definition) is 0. The number of aromatic nitrogens is 1. The van der Waals surface area contributed by atoms with Crippen molar-refractivity contribution in [1.29, 1.82) is 0 Å². The summed E-state index contributed by atoms with van der Waals surface area (Å²) >= 11 is 14.1. The van der Waals surface area contributed by atoms with Gasteiger partial charge in [0.15, 0.2) is 21.9 Å². The van der Waals surface area contributed by atoms with Gasteiger partial charge in [-0.25, -0.2) is 0 Å². The van der Waals surface area contributed by atoms with Crippen LogP contribution in [0.25, 0.3) is 21.2 Å². The van der Waals surface area contributed by atoms with Gasteiger partial charge < -0.3 is 18.5 Å². The van der Waals surface area contributed by atoms with E-state index in [4.69, 9.17) is 37.1 Å². The summed E-state index contributed by atoms with van der Waals surface area (Å²) in [6, 6.07) is 10.6. The number of nitrogens with zero attached hydrogens (tertiary/aromatic N) is 2. The van der Waals surface area contributed by atoms with E-state index in [0.29, 0.717) is 45.9 Å². The average molecular weight is 465 g/mol. The summed E-state index contributed by atoms with van der Waals surface area (Å²) in [7, 11) is 1.55. The molecule has 0 radical (unpaired) electrons. The fourth-order valence-electron chi connectivity index (χ4n) is 3.15. The van der Waals surface area contributed by atoms with Gasteiger partial charge in [-0.05, 0) is 31.2 Å². The molecule has 1 amide bonds. The monoisotopic (exact) mass is 464 g/mol. The number of carbonyl (C=O) groups excluding carboxylic acids is 1. The second kappa shape index (κ2) is 8.81. The topological polar surface area (TPSA) is 66.0 Å². The van der Waals surface area contributed by atoms with Gasteiger partial charge in [0.05, 0.1) is 34.0 Å². The molecule has 0 aliphatic heterocycles. The smallest absolute Gasteiger partial charge is 0.315 e. The molecule has 9 heteroatoms. The molecule has 0 bridgehead atoms. The van der Waals surface area contributed by atoms with E-state index in [1.165, 1.54) is 11.3 Å². The zero-order chi connectivity index (χ0) is 21.3. The number of thiazole rings is 1. The van der Waals surface area contributed by atoms with Crippen LogP contribution in [0, 0.1) is 0 Å². The number of carbonyl (C=O) groups is 1. The predicted octanol–water partition coefficient (Wildman–Crippen LogP) is 5.54. The fourth-order valence-corrected chi connectivity index (χ4v) is 4.82. The Hall–Kier alpha value is -2.32. The first kappa shape index (κ1) is 20.9. The summed E-state index contributed by atoms with van der Waals surface area (Å²) in [5, 5.41) is 1.84. The Morgan fingerprint density at radius 3 is 2.80 bits per heavy atom. The van der Waals surface area contributed by atoms with Crippen molar-refractivity contribution in [3.63, 3.8) is 0 Å². The van der Waals surface area contributed by atoms with Crippen LogP contribution in [0.15, 0.2) is 45.8 Å². The molecule has 0 aliphatic rings. The van der Waals surface area contributed by atoms with Crippen LogP contribution >= 0.6 is 34.5 Å². The largest absolute Gasteiger partial charge is 0.493 e. The first-order valence-electron chi connectivity index (χ1n) is 9.24. The van der Waals surface area contributed by atoms with E-state index in [1.807, 2.05) is 23.6 Å². The maximum atomic E-state index is 12.9. The normalized spacial score (nSPS) is 12.2. The highest BCUT2D eigenvalue weighted by atomic mass is 35.5. The second-order valence-corrected chi connectivity index (χ2v) is 8.14. The average Bonchev–Trinajstić information content (AvgIpc) is 3.33. The number of fused-ring (bicyclic) bond motifs is 2. The summed E-state index contributed by atoms with van der Waals surface area (Å²) in [5.74, 6) is 0.177. The Bertz CT molecular complexity index is 1310. The van der Waals surface area contributed by atoms with Gasteiger partial charge in [0.1, 0.15) is 0 Å². The molecule has 2 aromatic heterocycles. The molecular formula is C21H18Cl2N2O4S. The van der Waals surface area contributed by atoms with E-state index in [-0.39, 0.29) is 5.76 Å². The van der Waals surface area contributed by atoms with Crippen molar-refractivity contribution < 1.29 is 18.7 Å². The fraction of sp³-hybridized carbons (Fsp3) is 0.238. The van der Waals surface area contributed by atoms with Crippen LogP contribution in [0.2, 0.25) is 10.0 Å². The molecule has 0 N–H and O–H groups in total. The highest BCUT2D eigenvalue weighted by Gasteiger charge is 2.17. The molecule has 4 aromatic rings. The zero-order valence-electron chi connectivity index (χ0n) is 16.3. The Labute approximate surface area is 186 Å². The lowest BCUT2D eigenvalue weighted by atomic mass is 10.2. The lowest BCUT2D eigenvalue weighted by molar-refractivity contribution is 0.0972. The first-order chi connectivity index (χ1) is 14.5.